The lowest BCUT2D eigenvalue weighted by molar-refractivity contribution is -0.123. The van der Waals surface area contributed by atoms with Crippen molar-refractivity contribution in [1.29, 1.82) is 0 Å². The SMILES string of the molecule is Cc1ccc(OCCCC(=O)NC2(CN)CCCC2)cc1C.Cl. The maximum atomic E-state index is 12.1. The molecular formula is C18H29ClN2O2. The fraction of sp³-hybridized carbons (Fsp3) is 0.611. The number of hydrogen-bond donors (Lipinski definition) is 2. The molecule has 4 nitrogen and oxygen atoms in total. The average Bonchev–Trinajstić information content (AvgIpc) is 2.96. The maximum absolute atomic E-state index is 12.1. The molecule has 0 unspecified atom stereocenters. The van der Waals surface area contributed by atoms with Gasteiger partial charge in [-0.1, -0.05) is 18.9 Å². The highest BCUT2D eigenvalue weighted by Crippen LogP contribution is 2.28. The Bertz CT molecular complexity index is 514. The van der Waals surface area contributed by atoms with Crippen LogP contribution in [0.1, 0.15) is 49.7 Å². The molecule has 0 aromatic heterocycles. The molecule has 0 saturated heterocycles. The van der Waals surface area contributed by atoms with Crippen LogP contribution in [0.25, 0.3) is 0 Å². The Balaban J connectivity index is 0.00000264. The summed E-state index contributed by atoms with van der Waals surface area (Å²) in [5.74, 6) is 0.966. The first-order valence-electron chi connectivity index (χ1n) is 8.26. The third-order valence-corrected chi connectivity index (χ3v) is 4.65. The second-order valence-electron chi connectivity index (χ2n) is 6.44. The fourth-order valence-electron chi connectivity index (χ4n) is 3.02. The normalized spacial score (nSPS) is 15.8. The molecule has 2 rings (SSSR count). The molecule has 1 aromatic carbocycles. The molecule has 5 heteroatoms. The molecule has 0 heterocycles. The zero-order valence-corrected chi connectivity index (χ0v) is 15.0. The van der Waals surface area contributed by atoms with Crippen molar-refractivity contribution < 1.29 is 9.53 Å². The van der Waals surface area contributed by atoms with Crippen LogP contribution in [0.4, 0.5) is 0 Å². The molecule has 0 radical (unpaired) electrons. The Labute approximate surface area is 145 Å². The maximum Gasteiger partial charge on any atom is 0.220 e. The lowest BCUT2D eigenvalue weighted by Gasteiger charge is -2.28. The number of nitrogens with one attached hydrogen (secondary N) is 1. The van der Waals surface area contributed by atoms with Crippen LogP contribution in [0.15, 0.2) is 18.2 Å². The van der Waals surface area contributed by atoms with Gasteiger partial charge in [0.15, 0.2) is 0 Å². The molecule has 0 bridgehead atoms. The molecule has 23 heavy (non-hydrogen) atoms. The summed E-state index contributed by atoms with van der Waals surface area (Å²) in [6, 6.07) is 6.07. The molecule has 1 aromatic rings. The Hall–Kier alpha value is -1.26. The Kier molecular flexibility index (Phi) is 7.86. The summed E-state index contributed by atoms with van der Waals surface area (Å²) in [5, 5.41) is 3.14. The molecule has 0 atom stereocenters. The van der Waals surface area contributed by atoms with Gasteiger partial charge in [0.05, 0.1) is 12.1 Å². The third kappa shape index (κ3) is 5.70. The molecule has 1 aliphatic rings. The van der Waals surface area contributed by atoms with E-state index in [1.165, 1.54) is 11.1 Å². The number of amides is 1. The number of aryl methyl sites for hydroxylation is 2. The first-order valence-corrected chi connectivity index (χ1v) is 8.26. The topological polar surface area (TPSA) is 64.3 Å². The minimum Gasteiger partial charge on any atom is -0.494 e. The van der Waals surface area contributed by atoms with Gasteiger partial charge in [-0.15, -0.1) is 12.4 Å². The van der Waals surface area contributed by atoms with Gasteiger partial charge in [-0.2, -0.15) is 0 Å². The Morgan fingerprint density at radius 3 is 2.57 bits per heavy atom. The Morgan fingerprint density at radius 2 is 1.96 bits per heavy atom. The van der Waals surface area contributed by atoms with E-state index in [-0.39, 0.29) is 23.9 Å². The standard InChI is InChI=1S/C18H28N2O2.ClH/c1-14-7-8-16(12-15(14)2)22-11-5-6-17(21)20-18(13-19)9-3-4-10-18;/h7-8,12H,3-6,9-11,13,19H2,1-2H3,(H,20,21);1H. The zero-order chi connectivity index (χ0) is 16.0. The minimum atomic E-state index is -0.147. The van der Waals surface area contributed by atoms with Crippen molar-refractivity contribution in [1.82, 2.24) is 5.32 Å². The number of benzene rings is 1. The van der Waals surface area contributed by atoms with Gasteiger partial charge in [-0.25, -0.2) is 0 Å². The van der Waals surface area contributed by atoms with Crippen molar-refractivity contribution in [3.63, 3.8) is 0 Å². The number of carbonyl (C=O) groups is 1. The van der Waals surface area contributed by atoms with E-state index in [1.807, 2.05) is 12.1 Å². The van der Waals surface area contributed by atoms with E-state index in [4.69, 9.17) is 10.5 Å². The largest absolute Gasteiger partial charge is 0.494 e. The van der Waals surface area contributed by atoms with E-state index < -0.39 is 0 Å². The van der Waals surface area contributed by atoms with Gasteiger partial charge in [-0.3, -0.25) is 4.79 Å². The van der Waals surface area contributed by atoms with Crippen molar-refractivity contribution >= 4 is 18.3 Å². The molecule has 130 valence electrons. The monoisotopic (exact) mass is 340 g/mol. The fourth-order valence-corrected chi connectivity index (χ4v) is 3.02. The molecule has 1 aliphatic carbocycles. The van der Waals surface area contributed by atoms with Crippen LogP contribution >= 0.6 is 12.4 Å². The van der Waals surface area contributed by atoms with Crippen molar-refractivity contribution in [3.05, 3.63) is 29.3 Å². The van der Waals surface area contributed by atoms with Crippen molar-refractivity contribution in [2.75, 3.05) is 13.2 Å². The lowest BCUT2D eigenvalue weighted by Crippen LogP contribution is -2.51. The smallest absolute Gasteiger partial charge is 0.220 e. The van der Waals surface area contributed by atoms with Gasteiger partial charge in [0, 0.05) is 13.0 Å². The average molecular weight is 341 g/mol. The summed E-state index contributed by atoms with van der Waals surface area (Å²) < 4.78 is 5.71. The number of rotatable bonds is 7. The molecule has 1 fully saturated rings. The van der Waals surface area contributed by atoms with Gasteiger partial charge in [0.1, 0.15) is 5.75 Å². The first-order chi connectivity index (χ1) is 10.5. The lowest BCUT2D eigenvalue weighted by atomic mass is 9.97. The van der Waals surface area contributed by atoms with E-state index in [9.17, 15) is 4.79 Å². The summed E-state index contributed by atoms with van der Waals surface area (Å²) in [6.45, 7) is 5.26. The summed E-state index contributed by atoms with van der Waals surface area (Å²) in [7, 11) is 0. The molecular weight excluding hydrogens is 312 g/mol. The highest BCUT2D eigenvalue weighted by Gasteiger charge is 2.33. The van der Waals surface area contributed by atoms with Crippen molar-refractivity contribution in [2.45, 2.75) is 57.9 Å². The molecule has 0 spiro atoms. The van der Waals surface area contributed by atoms with Crippen LogP contribution in [-0.4, -0.2) is 24.6 Å². The van der Waals surface area contributed by atoms with Crippen LogP contribution in [0, 0.1) is 13.8 Å². The minimum absolute atomic E-state index is 0. The predicted octanol–water partition coefficient (Wildman–Crippen LogP) is 3.27. The van der Waals surface area contributed by atoms with Crippen molar-refractivity contribution in [3.8, 4) is 5.75 Å². The van der Waals surface area contributed by atoms with Crippen molar-refractivity contribution in [2.24, 2.45) is 5.73 Å². The van der Waals surface area contributed by atoms with Crippen LogP contribution in [0.3, 0.4) is 0 Å². The molecule has 3 N–H and O–H groups in total. The molecule has 0 aliphatic heterocycles. The predicted molar refractivity (Wildman–Crippen MR) is 96.3 cm³/mol. The van der Waals surface area contributed by atoms with E-state index >= 15 is 0 Å². The van der Waals surface area contributed by atoms with E-state index in [0.29, 0.717) is 19.6 Å². The quantitative estimate of drug-likeness (QED) is 0.749. The van der Waals surface area contributed by atoms with Crippen LogP contribution < -0.4 is 15.8 Å². The number of halogens is 1. The van der Waals surface area contributed by atoms with E-state index in [0.717, 1.165) is 37.9 Å². The number of ether oxygens (including phenoxy) is 1. The Morgan fingerprint density at radius 1 is 1.26 bits per heavy atom. The summed E-state index contributed by atoms with van der Waals surface area (Å²) >= 11 is 0. The number of carbonyl (C=O) groups excluding carboxylic acids is 1. The first kappa shape index (κ1) is 19.8. The van der Waals surface area contributed by atoms with Gasteiger partial charge in [0.25, 0.3) is 0 Å². The molecule has 1 amide bonds. The van der Waals surface area contributed by atoms with Crippen LogP contribution in [0.5, 0.6) is 5.75 Å². The third-order valence-electron chi connectivity index (χ3n) is 4.65. The van der Waals surface area contributed by atoms with E-state index in [2.05, 4.69) is 25.2 Å². The van der Waals surface area contributed by atoms with Gasteiger partial charge in [-0.05, 0) is 56.4 Å². The number of hydrogen-bond acceptors (Lipinski definition) is 3. The summed E-state index contributed by atoms with van der Waals surface area (Å²) in [5.41, 5.74) is 8.17. The van der Waals surface area contributed by atoms with Gasteiger partial charge >= 0.3 is 0 Å². The van der Waals surface area contributed by atoms with Crippen LogP contribution in [-0.2, 0) is 4.79 Å². The van der Waals surface area contributed by atoms with Gasteiger partial charge < -0.3 is 15.8 Å². The second-order valence-corrected chi connectivity index (χ2v) is 6.44. The summed E-state index contributed by atoms with van der Waals surface area (Å²) in [4.78, 5) is 12.1. The molecule has 1 saturated carbocycles. The zero-order valence-electron chi connectivity index (χ0n) is 14.2. The highest BCUT2D eigenvalue weighted by molar-refractivity contribution is 5.85. The van der Waals surface area contributed by atoms with E-state index in [1.54, 1.807) is 0 Å². The number of nitrogens with two attached hydrogens (primary N) is 1. The highest BCUT2D eigenvalue weighted by atomic mass is 35.5. The van der Waals surface area contributed by atoms with Gasteiger partial charge in [0.2, 0.25) is 5.91 Å². The van der Waals surface area contributed by atoms with Crippen LogP contribution in [0.2, 0.25) is 0 Å². The summed E-state index contributed by atoms with van der Waals surface area (Å²) in [6.07, 6.45) is 5.55. The second kappa shape index (κ2) is 9.14.